The number of nitrogen functional groups attached to an aromatic ring is 1. The summed E-state index contributed by atoms with van der Waals surface area (Å²) in [5.74, 6) is 0.0829. The van der Waals surface area contributed by atoms with Gasteiger partial charge in [-0.05, 0) is 30.9 Å². The molecular formula is C11H11Cl2N3O2S. The highest BCUT2D eigenvalue weighted by Gasteiger charge is 2.34. The molecule has 8 heteroatoms. The Morgan fingerprint density at radius 2 is 1.89 bits per heavy atom. The molecule has 0 heterocycles. The van der Waals surface area contributed by atoms with Crippen LogP contribution in [0.5, 0.6) is 0 Å². The number of nitrogens with one attached hydrogen (secondary N) is 1. The minimum Gasteiger partial charge on any atom is -0.396 e. The van der Waals surface area contributed by atoms with E-state index in [2.05, 4.69) is 4.72 Å². The zero-order valence-corrected chi connectivity index (χ0v) is 12.1. The predicted octanol–water partition coefficient (Wildman–Crippen LogP) is 2.16. The molecule has 1 aliphatic rings. The molecule has 0 unspecified atom stereocenters. The molecule has 1 aliphatic carbocycles. The monoisotopic (exact) mass is 319 g/mol. The number of hydrogen-bond donors (Lipinski definition) is 2. The molecular weight excluding hydrogens is 309 g/mol. The standard InChI is InChI=1S/C11H11Cl2N3O2S/c12-8-3-7(4-9(13)11(8)15)19(17,18)16-10(5-14)6-1-2-6/h3-4,6,10,16H,1-2,15H2/t10-/m0/s1. The molecule has 0 saturated heterocycles. The summed E-state index contributed by atoms with van der Waals surface area (Å²) in [7, 11) is -3.84. The van der Waals surface area contributed by atoms with E-state index in [1.54, 1.807) is 0 Å². The number of rotatable bonds is 4. The van der Waals surface area contributed by atoms with Crippen molar-refractivity contribution in [1.82, 2.24) is 4.72 Å². The minimum absolute atomic E-state index is 0.0628. The Balaban J connectivity index is 2.32. The van der Waals surface area contributed by atoms with E-state index in [9.17, 15) is 8.42 Å². The number of nitrogens with zero attached hydrogens (tertiary/aromatic N) is 1. The molecule has 1 aromatic carbocycles. The average Bonchev–Trinajstić information content (AvgIpc) is 3.16. The summed E-state index contributed by atoms with van der Waals surface area (Å²) >= 11 is 11.6. The van der Waals surface area contributed by atoms with Crippen molar-refractivity contribution in [1.29, 1.82) is 5.26 Å². The third-order valence-corrected chi connectivity index (χ3v) is 4.92. The quantitative estimate of drug-likeness (QED) is 0.831. The molecule has 102 valence electrons. The Hall–Kier alpha value is -1.00. The van der Waals surface area contributed by atoms with Crippen molar-refractivity contribution in [3.63, 3.8) is 0 Å². The van der Waals surface area contributed by atoms with E-state index >= 15 is 0 Å². The van der Waals surface area contributed by atoms with Gasteiger partial charge < -0.3 is 5.73 Å². The first kappa shape index (κ1) is 14.4. The maximum atomic E-state index is 12.1. The lowest BCUT2D eigenvalue weighted by Crippen LogP contribution is -2.35. The summed E-state index contributed by atoms with van der Waals surface area (Å²) in [5.41, 5.74) is 5.67. The van der Waals surface area contributed by atoms with Crippen molar-refractivity contribution in [2.75, 3.05) is 5.73 Å². The van der Waals surface area contributed by atoms with Gasteiger partial charge in [0.05, 0.1) is 26.7 Å². The topological polar surface area (TPSA) is 96.0 Å². The van der Waals surface area contributed by atoms with Gasteiger partial charge in [-0.15, -0.1) is 0 Å². The summed E-state index contributed by atoms with van der Waals surface area (Å²) in [6.07, 6.45) is 1.70. The third-order valence-electron chi connectivity index (χ3n) is 2.88. The van der Waals surface area contributed by atoms with Crippen molar-refractivity contribution >= 4 is 38.9 Å². The summed E-state index contributed by atoms with van der Waals surface area (Å²) in [6, 6.07) is 3.66. The van der Waals surface area contributed by atoms with Gasteiger partial charge in [0.25, 0.3) is 0 Å². The van der Waals surface area contributed by atoms with Crippen LogP contribution >= 0.6 is 23.2 Å². The van der Waals surface area contributed by atoms with Gasteiger partial charge in [0.2, 0.25) is 10.0 Å². The number of halogens is 2. The first-order valence-electron chi connectivity index (χ1n) is 5.51. The van der Waals surface area contributed by atoms with E-state index in [0.29, 0.717) is 0 Å². The van der Waals surface area contributed by atoms with Gasteiger partial charge in [-0.25, -0.2) is 8.42 Å². The molecule has 1 saturated carbocycles. The highest BCUT2D eigenvalue weighted by Crippen LogP contribution is 2.34. The van der Waals surface area contributed by atoms with Gasteiger partial charge in [0.15, 0.2) is 0 Å². The first-order valence-corrected chi connectivity index (χ1v) is 7.75. The summed E-state index contributed by atoms with van der Waals surface area (Å²) in [4.78, 5) is -0.0994. The zero-order chi connectivity index (χ0) is 14.2. The minimum atomic E-state index is -3.84. The first-order chi connectivity index (χ1) is 8.85. The summed E-state index contributed by atoms with van der Waals surface area (Å²) in [6.45, 7) is 0. The fraction of sp³-hybridized carbons (Fsp3) is 0.364. The van der Waals surface area contributed by atoms with Crippen molar-refractivity contribution in [3.05, 3.63) is 22.2 Å². The Morgan fingerprint density at radius 3 is 2.32 bits per heavy atom. The molecule has 1 fully saturated rings. The Labute approximate surface area is 121 Å². The van der Waals surface area contributed by atoms with Crippen LogP contribution in [-0.4, -0.2) is 14.5 Å². The maximum absolute atomic E-state index is 12.1. The lowest BCUT2D eigenvalue weighted by molar-refractivity contribution is 0.560. The molecule has 1 aromatic rings. The molecule has 0 bridgehead atoms. The Morgan fingerprint density at radius 1 is 1.37 bits per heavy atom. The number of anilines is 1. The molecule has 0 spiro atoms. The number of nitriles is 1. The molecule has 19 heavy (non-hydrogen) atoms. The highest BCUT2D eigenvalue weighted by molar-refractivity contribution is 7.89. The molecule has 0 aliphatic heterocycles. The number of nitrogens with two attached hydrogens (primary N) is 1. The average molecular weight is 320 g/mol. The molecule has 0 amide bonds. The zero-order valence-electron chi connectivity index (χ0n) is 9.73. The van der Waals surface area contributed by atoms with Crippen molar-refractivity contribution in [2.45, 2.75) is 23.8 Å². The van der Waals surface area contributed by atoms with Crippen LogP contribution in [0.3, 0.4) is 0 Å². The van der Waals surface area contributed by atoms with Gasteiger partial charge in [-0.3, -0.25) is 0 Å². The van der Waals surface area contributed by atoms with Gasteiger partial charge in [0, 0.05) is 0 Å². The molecule has 3 N–H and O–H groups in total. The maximum Gasteiger partial charge on any atom is 0.241 e. The molecule has 0 aromatic heterocycles. The number of benzene rings is 1. The second-order valence-corrected chi connectivity index (χ2v) is 6.89. The van der Waals surface area contributed by atoms with Crippen LogP contribution in [0.25, 0.3) is 0 Å². The van der Waals surface area contributed by atoms with Crippen LogP contribution in [0, 0.1) is 17.2 Å². The Kier molecular flexibility index (Phi) is 3.92. The van der Waals surface area contributed by atoms with Gasteiger partial charge >= 0.3 is 0 Å². The second kappa shape index (κ2) is 5.17. The fourth-order valence-electron chi connectivity index (χ4n) is 1.61. The lowest BCUT2D eigenvalue weighted by atomic mass is 10.2. The van der Waals surface area contributed by atoms with Crippen molar-refractivity contribution in [2.24, 2.45) is 5.92 Å². The molecule has 1 atom stereocenters. The lowest BCUT2D eigenvalue weighted by Gasteiger charge is -2.12. The van der Waals surface area contributed by atoms with Crippen molar-refractivity contribution in [3.8, 4) is 6.07 Å². The molecule has 5 nitrogen and oxygen atoms in total. The summed E-state index contributed by atoms with van der Waals surface area (Å²) < 4.78 is 26.6. The van der Waals surface area contributed by atoms with Crippen LogP contribution in [0.2, 0.25) is 10.0 Å². The van der Waals surface area contributed by atoms with Crippen LogP contribution < -0.4 is 10.5 Å². The summed E-state index contributed by atoms with van der Waals surface area (Å²) in [5, 5.41) is 9.08. The number of sulfonamides is 1. The van der Waals surface area contributed by atoms with Crippen LogP contribution in [0.15, 0.2) is 17.0 Å². The normalized spacial score (nSPS) is 16.9. The predicted molar refractivity (Wildman–Crippen MR) is 73.3 cm³/mol. The van der Waals surface area contributed by atoms with E-state index < -0.39 is 16.1 Å². The van der Waals surface area contributed by atoms with Crippen LogP contribution in [0.1, 0.15) is 12.8 Å². The van der Waals surface area contributed by atoms with Crippen LogP contribution in [-0.2, 0) is 10.0 Å². The number of hydrogen-bond acceptors (Lipinski definition) is 4. The van der Waals surface area contributed by atoms with E-state index in [1.807, 2.05) is 6.07 Å². The fourth-order valence-corrected chi connectivity index (χ4v) is 3.49. The van der Waals surface area contributed by atoms with Gasteiger partial charge in [-0.2, -0.15) is 9.98 Å². The Bertz CT molecular complexity index is 627. The second-order valence-electron chi connectivity index (χ2n) is 4.37. The van der Waals surface area contributed by atoms with E-state index in [1.165, 1.54) is 12.1 Å². The third kappa shape index (κ3) is 3.12. The van der Waals surface area contributed by atoms with E-state index in [-0.39, 0.29) is 26.5 Å². The smallest absolute Gasteiger partial charge is 0.241 e. The largest absolute Gasteiger partial charge is 0.396 e. The SMILES string of the molecule is N#C[C@H](NS(=O)(=O)c1cc(Cl)c(N)c(Cl)c1)C1CC1. The van der Waals surface area contributed by atoms with Crippen LogP contribution in [0.4, 0.5) is 5.69 Å². The van der Waals surface area contributed by atoms with E-state index in [0.717, 1.165) is 12.8 Å². The van der Waals surface area contributed by atoms with Crippen molar-refractivity contribution < 1.29 is 8.42 Å². The highest BCUT2D eigenvalue weighted by atomic mass is 35.5. The van der Waals surface area contributed by atoms with E-state index in [4.69, 9.17) is 34.2 Å². The molecule has 0 radical (unpaired) electrons. The van der Waals surface area contributed by atoms with Gasteiger partial charge in [0.1, 0.15) is 6.04 Å². The van der Waals surface area contributed by atoms with Gasteiger partial charge in [-0.1, -0.05) is 23.2 Å². The molecule has 2 rings (SSSR count).